The van der Waals surface area contributed by atoms with Gasteiger partial charge in [0, 0.05) is 12.7 Å². The number of benzene rings is 1. The van der Waals surface area contributed by atoms with E-state index in [0.717, 1.165) is 17.0 Å². The van der Waals surface area contributed by atoms with E-state index in [1.807, 2.05) is 42.5 Å². The second-order valence-corrected chi connectivity index (χ2v) is 5.73. The van der Waals surface area contributed by atoms with Crippen LogP contribution in [0.4, 0.5) is 0 Å². The topological polar surface area (TPSA) is 60.5 Å². The van der Waals surface area contributed by atoms with Crippen LogP contribution < -0.4 is 10.1 Å². The maximum atomic E-state index is 11.7. The lowest BCUT2D eigenvalue weighted by Gasteiger charge is -2.23. The highest BCUT2D eigenvalue weighted by molar-refractivity contribution is 5.79. The molecule has 23 heavy (non-hydrogen) atoms. The molecule has 0 atom stereocenters. The number of hydrogen-bond acceptors (Lipinski definition) is 5. The van der Waals surface area contributed by atoms with Gasteiger partial charge in [0.05, 0.1) is 12.8 Å². The quantitative estimate of drug-likeness (QED) is 0.796. The van der Waals surface area contributed by atoms with Gasteiger partial charge < -0.3 is 9.47 Å². The fraction of sp³-hybridized carbons (Fsp3) is 0.333. The molecule has 0 saturated heterocycles. The smallest absolute Gasteiger partial charge is 0.325 e. The molecule has 2 rings (SSSR count). The summed E-state index contributed by atoms with van der Waals surface area (Å²) in [7, 11) is 1.39. The molecule has 1 N–H and O–H groups in total. The highest BCUT2D eigenvalue weighted by Crippen LogP contribution is 2.16. The molecule has 0 spiro atoms. The molecule has 1 aromatic carbocycles. The zero-order chi connectivity index (χ0) is 16.7. The van der Waals surface area contributed by atoms with E-state index < -0.39 is 5.54 Å². The molecule has 122 valence electrons. The molecule has 5 heteroatoms. The first-order chi connectivity index (χ1) is 11.0. The van der Waals surface area contributed by atoms with Crippen molar-refractivity contribution in [2.75, 3.05) is 7.11 Å². The van der Waals surface area contributed by atoms with Crippen molar-refractivity contribution in [1.29, 1.82) is 0 Å². The van der Waals surface area contributed by atoms with Gasteiger partial charge in [0.1, 0.15) is 17.9 Å². The van der Waals surface area contributed by atoms with Gasteiger partial charge in [0.15, 0.2) is 0 Å². The Kier molecular flexibility index (Phi) is 5.71. The first kappa shape index (κ1) is 17.0. The molecular weight excluding hydrogens is 292 g/mol. The van der Waals surface area contributed by atoms with E-state index in [9.17, 15) is 4.79 Å². The van der Waals surface area contributed by atoms with Crippen LogP contribution in [-0.2, 0) is 22.7 Å². The molecule has 0 fully saturated rings. The number of aromatic nitrogens is 1. The second-order valence-electron chi connectivity index (χ2n) is 5.73. The summed E-state index contributed by atoms with van der Waals surface area (Å²) in [5.74, 6) is 0.478. The second kappa shape index (κ2) is 7.74. The van der Waals surface area contributed by atoms with E-state index in [0.29, 0.717) is 13.2 Å². The molecule has 0 radical (unpaired) electrons. The molecule has 2 aromatic rings. The third-order valence-electron chi connectivity index (χ3n) is 3.44. The number of carbonyl (C=O) groups excluding carboxylic acids is 1. The van der Waals surface area contributed by atoms with Crippen molar-refractivity contribution in [3.63, 3.8) is 0 Å². The van der Waals surface area contributed by atoms with Gasteiger partial charge in [-0.2, -0.15) is 0 Å². The van der Waals surface area contributed by atoms with Gasteiger partial charge in [-0.25, -0.2) is 0 Å². The number of nitrogens with one attached hydrogen (secondary N) is 1. The van der Waals surface area contributed by atoms with Crippen LogP contribution in [0, 0.1) is 0 Å². The maximum Gasteiger partial charge on any atom is 0.325 e. The highest BCUT2D eigenvalue weighted by atomic mass is 16.5. The number of hydrogen-bond donors (Lipinski definition) is 1. The molecule has 0 bridgehead atoms. The Morgan fingerprint density at radius 3 is 2.74 bits per heavy atom. The van der Waals surface area contributed by atoms with Crippen LogP contribution in [0.25, 0.3) is 0 Å². The van der Waals surface area contributed by atoms with Gasteiger partial charge in [-0.1, -0.05) is 18.2 Å². The number of ether oxygens (including phenoxy) is 2. The van der Waals surface area contributed by atoms with E-state index in [2.05, 4.69) is 10.3 Å². The molecular formula is C18H22N2O3. The summed E-state index contributed by atoms with van der Waals surface area (Å²) in [6.45, 7) is 4.55. The van der Waals surface area contributed by atoms with E-state index in [4.69, 9.17) is 9.47 Å². The molecule has 5 nitrogen and oxygen atoms in total. The van der Waals surface area contributed by atoms with Crippen LogP contribution in [0.3, 0.4) is 0 Å². The number of carbonyl (C=O) groups is 1. The van der Waals surface area contributed by atoms with Crippen LogP contribution in [0.15, 0.2) is 48.7 Å². The SMILES string of the molecule is COC(=O)C(C)(C)NCc1cccc(OCc2ccccn2)c1. The molecule has 0 aliphatic rings. The third-order valence-corrected chi connectivity index (χ3v) is 3.44. The van der Waals surface area contributed by atoms with Crippen molar-refractivity contribution in [1.82, 2.24) is 10.3 Å². The summed E-state index contributed by atoms with van der Waals surface area (Å²) in [6.07, 6.45) is 1.74. The average molecular weight is 314 g/mol. The number of nitrogens with zero attached hydrogens (tertiary/aromatic N) is 1. The molecule has 0 aliphatic carbocycles. The van der Waals surface area contributed by atoms with Crippen molar-refractivity contribution in [3.05, 3.63) is 59.9 Å². The average Bonchev–Trinajstić information content (AvgIpc) is 2.59. The maximum absolute atomic E-state index is 11.7. The van der Waals surface area contributed by atoms with Gasteiger partial charge in [-0.15, -0.1) is 0 Å². The van der Waals surface area contributed by atoms with E-state index in [1.165, 1.54) is 7.11 Å². The normalized spacial score (nSPS) is 11.1. The van der Waals surface area contributed by atoms with Gasteiger partial charge >= 0.3 is 5.97 Å². The Balaban J connectivity index is 1.93. The lowest BCUT2D eigenvalue weighted by atomic mass is 10.1. The van der Waals surface area contributed by atoms with E-state index >= 15 is 0 Å². The predicted octanol–water partition coefficient (Wildman–Crippen LogP) is 2.70. The fourth-order valence-corrected chi connectivity index (χ4v) is 2.04. The molecule has 0 aliphatic heterocycles. The van der Waals surface area contributed by atoms with Crippen molar-refractivity contribution in [2.45, 2.75) is 32.5 Å². The minimum atomic E-state index is -0.737. The van der Waals surface area contributed by atoms with Crippen LogP contribution in [0.2, 0.25) is 0 Å². The van der Waals surface area contributed by atoms with E-state index in [-0.39, 0.29) is 5.97 Å². The highest BCUT2D eigenvalue weighted by Gasteiger charge is 2.27. The number of pyridine rings is 1. The van der Waals surface area contributed by atoms with Crippen LogP contribution >= 0.6 is 0 Å². The first-order valence-electron chi connectivity index (χ1n) is 7.46. The lowest BCUT2D eigenvalue weighted by molar-refractivity contribution is -0.147. The van der Waals surface area contributed by atoms with Crippen LogP contribution in [0.1, 0.15) is 25.1 Å². The Labute approximate surface area is 136 Å². The first-order valence-corrected chi connectivity index (χ1v) is 7.46. The van der Waals surface area contributed by atoms with Crippen molar-refractivity contribution in [2.24, 2.45) is 0 Å². The summed E-state index contributed by atoms with van der Waals surface area (Å²) in [5.41, 5.74) is 1.17. The zero-order valence-electron chi connectivity index (χ0n) is 13.7. The summed E-state index contributed by atoms with van der Waals surface area (Å²) >= 11 is 0. The van der Waals surface area contributed by atoms with Gasteiger partial charge in [-0.05, 0) is 43.7 Å². The molecule has 0 saturated carbocycles. The summed E-state index contributed by atoms with van der Waals surface area (Å²) in [6, 6.07) is 13.5. The van der Waals surface area contributed by atoms with E-state index in [1.54, 1.807) is 20.0 Å². The van der Waals surface area contributed by atoms with Gasteiger partial charge in [0.25, 0.3) is 0 Å². The Bertz CT molecular complexity index is 642. The van der Waals surface area contributed by atoms with Crippen molar-refractivity contribution >= 4 is 5.97 Å². The monoisotopic (exact) mass is 314 g/mol. The lowest BCUT2D eigenvalue weighted by Crippen LogP contribution is -2.46. The van der Waals surface area contributed by atoms with Crippen molar-refractivity contribution in [3.8, 4) is 5.75 Å². The summed E-state index contributed by atoms with van der Waals surface area (Å²) in [5, 5.41) is 3.18. The number of esters is 1. The summed E-state index contributed by atoms with van der Waals surface area (Å²) in [4.78, 5) is 15.9. The molecule has 0 amide bonds. The van der Waals surface area contributed by atoms with Crippen molar-refractivity contribution < 1.29 is 14.3 Å². The predicted molar refractivity (Wildman–Crippen MR) is 87.9 cm³/mol. The Morgan fingerprint density at radius 2 is 2.04 bits per heavy atom. The third kappa shape index (κ3) is 5.07. The molecule has 1 heterocycles. The molecule has 1 aromatic heterocycles. The zero-order valence-corrected chi connectivity index (χ0v) is 13.7. The molecule has 0 unspecified atom stereocenters. The van der Waals surface area contributed by atoms with Gasteiger partial charge in [0.2, 0.25) is 0 Å². The number of methoxy groups -OCH3 is 1. The Morgan fingerprint density at radius 1 is 1.22 bits per heavy atom. The minimum absolute atomic E-state index is 0.292. The van der Waals surface area contributed by atoms with Gasteiger partial charge in [-0.3, -0.25) is 15.1 Å². The fourth-order valence-electron chi connectivity index (χ4n) is 2.04. The van der Waals surface area contributed by atoms with Crippen LogP contribution in [-0.4, -0.2) is 23.6 Å². The number of rotatable bonds is 7. The van der Waals surface area contributed by atoms with Crippen LogP contribution in [0.5, 0.6) is 5.75 Å². The standard InChI is InChI=1S/C18H22N2O3/c1-18(2,17(21)22-3)20-12-14-7-6-9-16(11-14)23-13-15-8-4-5-10-19-15/h4-11,20H,12-13H2,1-3H3. The largest absolute Gasteiger partial charge is 0.487 e. The Hall–Kier alpha value is -2.40. The minimum Gasteiger partial charge on any atom is -0.487 e. The summed E-state index contributed by atoms with van der Waals surface area (Å²) < 4.78 is 10.5.